The minimum Gasteiger partial charge on any atom is -0.478 e. The maximum absolute atomic E-state index is 11.2. The third kappa shape index (κ3) is 3.27. The van der Waals surface area contributed by atoms with E-state index in [1.54, 1.807) is 0 Å². The Balaban J connectivity index is 2.34. The fraction of sp³-hybridized carbons (Fsp3) is 0.538. The first kappa shape index (κ1) is 15.2. The van der Waals surface area contributed by atoms with Crippen LogP contribution in [0, 0.1) is 10.1 Å². The van der Waals surface area contributed by atoms with Gasteiger partial charge in [-0.05, 0) is 26.9 Å². The molecule has 1 aromatic rings. The predicted molar refractivity (Wildman–Crippen MR) is 76.8 cm³/mol. The maximum Gasteiger partial charge on any atom is 0.337 e. The smallest absolute Gasteiger partial charge is 0.337 e. The molecule has 1 N–H and O–H groups in total. The zero-order chi connectivity index (χ0) is 15.6. The van der Waals surface area contributed by atoms with Crippen molar-refractivity contribution in [3.8, 4) is 0 Å². The molecule has 0 radical (unpaired) electrons. The van der Waals surface area contributed by atoms with E-state index in [-0.39, 0.29) is 17.1 Å². The van der Waals surface area contributed by atoms with Gasteiger partial charge in [-0.3, -0.25) is 10.1 Å². The summed E-state index contributed by atoms with van der Waals surface area (Å²) < 4.78 is 0. The highest BCUT2D eigenvalue weighted by Gasteiger charge is 2.28. The molecule has 1 atom stereocenters. The number of carboxylic acid groups (broad SMARTS) is 1. The largest absolute Gasteiger partial charge is 0.478 e. The Kier molecular flexibility index (Phi) is 4.37. The van der Waals surface area contributed by atoms with Crippen LogP contribution < -0.4 is 4.90 Å². The molecule has 2 rings (SSSR count). The van der Waals surface area contributed by atoms with Gasteiger partial charge in [0.1, 0.15) is 0 Å². The van der Waals surface area contributed by atoms with Crippen LogP contribution in [0.2, 0.25) is 0 Å². The van der Waals surface area contributed by atoms with Crippen LogP contribution in [0.5, 0.6) is 0 Å². The van der Waals surface area contributed by atoms with Crippen molar-refractivity contribution < 1.29 is 14.8 Å². The van der Waals surface area contributed by atoms with Gasteiger partial charge in [0.05, 0.1) is 10.5 Å². The first-order valence-corrected chi connectivity index (χ1v) is 6.69. The monoisotopic (exact) mass is 294 g/mol. The lowest BCUT2D eigenvalue weighted by molar-refractivity contribution is -0.384. The van der Waals surface area contributed by atoms with Crippen LogP contribution in [-0.2, 0) is 0 Å². The van der Waals surface area contributed by atoms with Crippen LogP contribution in [0.4, 0.5) is 11.5 Å². The van der Waals surface area contributed by atoms with Crippen molar-refractivity contribution in [1.29, 1.82) is 0 Å². The Labute approximate surface area is 122 Å². The molecule has 114 valence electrons. The van der Waals surface area contributed by atoms with Gasteiger partial charge in [-0.15, -0.1) is 0 Å². The Morgan fingerprint density at radius 1 is 1.57 bits per heavy atom. The molecule has 1 unspecified atom stereocenters. The van der Waals surface area contributed by atoms with E-state index in [0.29, 0.717) is 19.1 Å². The third-order valence-corrected chi connectivity index (χ3v) is 3.72. The molecule has 8 heteroatoms. The molecule has 0 spiro atoms. The molecule has 1 aromatic heterocycles. The highest BCUT2D eigenvalue weighted by molar-refractivity contribution is 5.88. The van der Waals surface area contributed by atoms with Gasteiger partial charge >= 0.3 is 11.7 Å². The summed E-state index contributed by atoms with van der Waals surface area (Å²) in [6, 6.07) is 1.38. The van der Waals surface area contributed by atoms with Gasteiger partial charge in [0, 0.05) is 31.4 Å². The summed E-state index contributed by atoms with van der Waals surface area (Å²) in [6.45, 7) is 1.33. The topological polar surface area (TPSA) is 99.8 Å². The first-order chi connectivity index (χ1) is 9.90. The van der Waals surface area contributed by atoms with Crippen LogP contribution in [0.1, 0.15) is 23.2 Å². The van der Waals surface area contributed by atoms with E-state index in [4.69, 9.17) is 5.11 Å². The molecule has 2 heterocycles. The number of carbonyl (C=O) groups is 1. The number of aromatic nitrogens is 1. The van der Waals surface area contributed by atoms with Crippen molar-refractivity contribution in [3.63, 3.8) is 0 Å². The zero-order valence-electron chi connectivity index (χ0n) is 12.0. The summed E-state index contributed by atoms with van der Waals surface area (Å²) in [5.41, 5.74) is -0.430. The average Bonchev–Trinajstić information content (AvgIpc) is 2.46. The summed E-state index contributed by atoms with van der Waals surface area (Å²) in [5, 5.41) is 20.1. The summed E-state index contributed by atoms with van der Waals surface area (Å²) in [6.07, 6.45) is 3.12. The van der Waals surface area contributed by atoms with Gasteiger partial charge in [-0.25, -0.2) is 9.78 Å². The van der Waals surface area contributed by atoms with Crippen LogP contribution in [0.15, 0.2) is 12.3 Å². The second-order valence-corrected chi connectivity index (χ2v) is 5.33. The molecule has 0 bridgehead atoms. The number of hydrogen-bond acceptors (Lipinski definition) is 6. The molecule has 1 aliphatic rings. The van der Waals surface area contributed by atoms with Crippen molar-refractivity contribution in [2.45, 2.75) is 18.9 Å². The number of rotatable bonds is 4. The Hall–Kier alpha value is -2.22. The van der Waals surface area contributed by atoms with E-state index < -0.39 is 10.9 Å². The van der Waals surface area contributed by atoms with Gasteiger partial charge in [-0.1, -0.05) is 0 Å². The quantitative estimate of drug-likeness (QED) is 0.658. The lowest BCUT2D eigenvalue weighted by atomic mass is 10.0. The highest BCUT2D eigenvalue weighted by atomic mass is 16.6. The van der Waals surface area contributed by atoms with E-state index in [9.17, 15) is 14.9 Å². The van der Waals surface area contributed by atoms with Crippen molar-refractivity contribution in [3.05, 3.63) is 27.9 Å². The molecule has 0 saturated carbocycles. The number of nitrogens with zero attached hydrogens (tertiary/aromatic N) is 4. The van der Waals surface area contributed by atoms with Gasteiger partial charge in [0.25, 0.3) is 0 Å². The average molecular weight is 294 g/mol. The standard InChI is InChI=1S/C13H18N4O4/c1-15(2)10-4-3-5-16(8-10)12-11(17(20)21)6-9(7-14-12)13(18)19/h6-7,10H,3-5,8H2,1-2H3,(H,18,19). The SMILES string of the molecule is CN(C)C1CCCN(c2ncc(C(=O)O)cc2[N+](=O)[O-])C1. The van der Waals surface area contributed by atoms with Crippen molar-refractivity contribution in [2.75, 3.05) is 32.1 Å². The summed E-state index contributed by atoms with van der Waals surface area (Å²) in [5.74, 6) is -0.974. The van der Waals surface area contributed by atoms with E-state index in [0.717, 1.165) is 18.9 Å². The van der Waals surface area contributed by atoms with Crippen molar-refractivity contribution in [2.24, 2.45) is 0 Å². The number of anilines is 1. The Morgan fingerprint density at radius 3 is 2.86 bits per heavy atom. The number of likely N-dealkylation sites (N-methyl/N-ethyl adjacent to an activating group) is 1. The number of hydrogen-bond donors (Lipinski definition) is 1. The normalized spacial score (nSPS) is 18.8. The Morgan fingerprint density at radius 2 is 2.29 bits per heavy atom. The lowest BCUT2D eigenvalue weighted by Gasteiger charge is -2.36. The molecular weight excluding hydrogens is 276 g/mol. The zero-order valence-corrected chi connectivity index (χ0v) is 12.0. The fourth-order valence-corrected chi connectivity index (χ4v) is 2.51. The van der Waals surface area contributed by atoms with E-state index in [2.05, 4.69) is 9.88 Å². The highest BCUT2D eigenvalue weighted by Crippen LogP contribution is 2.29. The number of aromatic carboxylic acids is 1. The van der Waals surface area contributed by atoms with Crippen LogP contribution in [0.3, 0.4) is 0 Å². The summed E-state index contributed by atoms with van der Waals surface area (Å²) >= 11 is 0. The summed E-state index contributed by atoms with van der Waals surface area (Å²) in [4.78, 5) is 29.5. The first-order valence-electron chi connectivity index (χ1n) is 6.69. The number of piperidine rings is 1. The molecule has 8 nitrogen and oxygen atoms in total. The van der Waals surface area contributed by atoms with E-state index in [1.165, 1.54) is 6.20 Å². The molecule has 1 fully saturated rings. The van der Waals surface area contributed by atoms with E-state index >= 15 is 0 Å². The molecule has 0 aromatic carbocycles. The number of pyridine rings is 1. The minimum absolute atomic E-state index is 0.174. The molecule has 1 saturated heterocycles. The van der Waals surface area contributed by atoms with Crippen LogP contribution in [0.25, 0.3) is 0 Å². The predicted octanol–water partition coefficient (Wildman–Crippen LogP) is 1.22. The maximum atomic E-state index is 11.2. The van der Waals surface area contributed by atoms with Gasteiger partial charge < -0.3 is 14.9 Å². The number of nitro groups is 1. The van der Waals surface area contributed by atoms with Gasteiger partial charge in [-0.2, -0.15) is 0 Å². The second-order valence-electron chi connectivity index (χ2n) is 5.33. The molecule has 21 heavy (non-hydrogen) atoms. The molecular formula is C13H18N4O4. The Bertz CT molecular complexity index is 561. The number of carboxylic acids is 1. The van der Waals surface area contributed by atoms with Gasteiger partial charge in [0.2, 0.25) is 5.82 Å². The second kappa shape index (κ2) is 6.04. The summed E-state index contributed by atoms with van der Waals surface area (Å²) in [7, 11) is 3.95. The van der Waals surface area contributed by atoms with Crippen LogP contribution >= 0.6 is 0 Å². The lowest BCUT2D eigenvalue weighted by Crippen LogP contribution is -2.45. The minimum atomic E-state index is -1.22. The van der Waals surface area contributed by atoms with Crippen molar-refractivity contribution in [1.82, 2.24) is 9.88 Å². The third-order valence-electron chi connectivity index (χ3n) is 3.72. The fourth-order valence-electron chi connectivity index (χ4n) is 2.51. The van der Waals surface area contributed by atoms with Gasteiger partial charge in [0.15, 0.2) is 0 Å². The van der Waals surface area contributed by atoms with Crippen LogP contribution in [-0.4, -0.2) is 59.1 Å². The molecule has 0 amide bonds. The van der Waals surface area contributed by atoms with E-state index in [1.807, 2.05) is 19.0 Å². The van der Waals surface area contributed by atoms with Crippen molar-refractivity contribution >= 4 is 17.5 Å². The molecule has 1 aliphatic heterocycles. The molecule has 0 aliphatic carbocycles.